The molecule has 0 amide bonds. The molecule has 2 aromatic carbocycles. The second-order valence-corrected chi connectivity index (χ2v) is 5.73. The van der Waals surface area contributed by atoms with Gasteiger partial charge < -0.3 is 9.47 Å². The molecule has 0 saturated carbocycles. The molecule has 0 aromatic heterocycles. The Bertz CT molecular complexity index is 641. The zero-order valence-corrected chi connectivity index (χ0v) is 13.1. The molecule has 1 aliphatic heterocycles. The lowest BCUT2D eigenvalue weighted by atomic mass is 10.1. The lowest BCUT2D eigenvalue weighted by Gasteiger charge is -2.11. The molecule has 0 aliphatic carbocycles. The third kappa shape index (κ3) is 3.45. The molecule has 21 heavy (non-hydrogen) atoms. The van der Waals surface area contributed by atoms with Gasteiger partial charge in [0.1, 0.15) is 11.5 Å². The SMILES string of the molecule is ClCc1cc(Cl)ccc1OCCc1ccc2c(c1)CCO2. The van der Waals surface area contributed by atoms with Crippen LogP contribution in [0.2, 0.25) is 5.02 Å². The first kappa shape index (κ1) is 14.6. The summed E-state index contributed by atoms with van der Waals surface area (Å²) in [6.45, 7) is 1.41. The largest absolute Gasteiger partial charge is 0.493 e. The molecule has 0 N–H and O–H groups in total. The van der Waals surface area contributed by atoms with Crippen molar-refractivity contribution < 1.29 is 9.47 Å². The molecule has 0 atom stereocenters. The second kappa shape index (κ2) is 6.59. The molecule has 110 valence electrons. The first-order valence-electron chi connectivity index (χ1n) is 6.98. The average Bonchev–Trinajstić information content (AvgIpc) is 2.96. The summed E-state index contributed by atoms with van der Waals surface area (Å²) in [5.74, 6) is 2.22. The maximum atomic E-state index is 5.95. The maximum absolute atomic E-state index is 5.95. The van der Waals surface area contributed by atoms with Crippen LogP contribution in [0.3, 0.4) is 0 Å². The van der Waals surface area contributed by atoms with Gasteiger partial charge >= 0.3 is 0 Å². The number of halogens is 2. The lowest BCUT2D eigenvalue weighted by Crippen LogP contribution is -2.03. The highest BCUT2D eigenvalue weighted by Crippen LogP contribution is 2.27. The van der Waals surface area contributed by atoms with Gasteiger partial charge in [-0.1, -0.05) is 23.7 Å². The molecule has 4 heteroatoms. The smallest absolute Gasteiger partial charge is 0.123 e. The van der Waals surface area contributed by atoms with Gasteiger partial charge in [0, 0.05) is 23.4 Å². The summed E-state index contributed by atoms with van der Waals surface area (Å²) < 4.78 is 11.3. The van der Waals surface area contributed by atoms with E-state index in [4.69, 9.17) is 32.7 Å². The van der Waals surface area contributed by atoms with Gasteiger partial charge in [-0.3, -0.25) is 0 Å². The van der Waals surface area contributed by atoms with Crippen LogP contribution in [-0.2, 0) is 18.7 Å². The van der Waals surface area contributed by atoms with Gasteiger partial charge in [0.2, 0.25) is 0 Å². The van der Waals surface area contributed by atoms with E-state index in [1.807, 2.05) is 24.3 Å². The molecule has 1 aliphatic rings. The Morgan fingerprint density at radius 2 is 2.05 bits per heavy atom. The number of hydrogen-bond acceptors (Lipinski definition) is 2. The van der Waals surface area contributed by atoms with Crippen LogP contribution >= 0.6 is 23.2 Å². The summed E-state index contributed by atoms with van der Waals surface area (Å²) >= 11 is 11.9. The molecular formula is C17H16Cl2O2. The van der Waals surface area contributed by atoms with Gasteiger partial charge in [0.15, 0.2) is 0 Å². The quantitative estimate of drug-likeness (QED) is 0.747. The van der Waals surface area contributed by atoms with Crippen molar-refractivity contribution in [3.8, 4) is 11.5 Å². The Morgan fingerprint density at radius 1 is 1.14 bits per heavy atom. The maximum Gasteiger partial charge on any atom is 0.123 e. The Labute approximate surface area is 134 Å². The summed E-state index contributed by atoms with van der Waals surface area (Å²) in [6.07, 6.45) is 1.86. The van der Waals surface area contributed by atoms with Gasteiger partial charge in [-0.15, -0.1) is 11.6 Å². The number of hydrogen-bond donors (Lipinski definition) is 0. The van der Waals surface area contributed by atoms with E-state index in [1.54, 1.807) is 0 Å². The van der Waals surface area contributed by atoms with Gasteiger partial charge in [-0.05, 0) is 35.4 Å². The fourth-order valence-electron chi connectivity index (χ4n) is 2.47. The van der Waals surface area contributed by atoms with Crippen LogP contribution in [0.1, 0.15) is 16.7 Å². The molecule has 0 radical (unpaired) electrons. The van der Waals surface area contributed by atoms with Gasteiger partial charge in [-0.2, -0.15) is 0 Å². The molecule has 2 aromatic rings. The van der Waals surface area contributed by atoms with Gasteiger partial charge in [0.05, 0.1) is 19.1 Å². The van der Waals surface area contributed by atoms with Crippen molar-refractivity contribution in [1.82, 2.24) is 0 Å². The summed E-state index contributed by atoms with van der Waals surface area (Å²) in [4.78, 5) is 0. The first-order chi connectivity index (χ1) is 10.3. The fraction of sp³-hybridized carbons (Fsp3) is 0.294. The van der Waals surface area contributed by atoms with Gasteiger partial charge in [0.25, 0.3) is 0 Å². The van der Waals surface area contributed by atoms with Crippen LogP contribution in [0.4, 0.5) is 0 Å². The van der Waals surface area contributed by atoms with E-state index >= 15 is 0 Å². The minimum absolute atomic E-state index is 0.395. The van der Waals surface area contributed by atoms with Crippen molar-refractivity contribution in [1.29, 1.82) is 0 Å². The monoisotopic (exact) mass is 322 g/mol. The highest BCUT2D eigenvalue weighted by Gasteiger charge is 2.12. The molecule has 2 nitrogen and oxygen atoms in total. The molecule has 0 bridgehead atoms. The highest BCUT2D eigenvalue weighted by atomic mass is 35.5. The third-order valence-electron chi connectivity index (χ3n) is 3.57. The topological polar surface area (TPSA) is 18.5 Å². The van der Waals surface area contributed by atoms with E-state index in [1.165, 1.54) is 11.1 Å². The Hall–Kier alpha value is -1.38. The standard InChI is InChI=1S/C17H16Cl2O2/c18-11-14-10-15(19)2-4-17(14)20-7-5-12-1-3-16-13(9-12)6-8-21-16/h1-4,9-10H,5-8,11H2. The lowest BCUT2D eigenvalue weighted by molar-refractivity contribution is 0.319. The van der Waals surface area contributed by atoms with Crippen LogP contribution in [0.5, 0.6) is 11.5 Å². The molecule has 0 spiro atoms. The van der Waals surface area contributed by atoms with Crippen LogP contribution in [0.15, 0.2) is 36.4 Å². The molecule has 3 rings (SSSR count). The summed E-state index contributed by atoms with van der Waals surface area (Å²) in [5, 5.41) is 0.677. The number of ether oxygens (including phenoxy) is 2. The zero-order chi connectivity index (χ0) is 14.7. The van der Waals surface area contributed by atoms with Crippen LogP contribution in [0.25, 0.3) is 0 Å². The minimum Gasteiger partial charge on any atom is -0.493 e. The van der Waals surface area contributed by atoms with E-state index in [2.05, 4.69) is 12.1 Å². The van der Waals surface area contributed by atoms with Crippen molar-refractivity contribution >= 4 is 23.2 Å². The summed E-state index contributed by atoms with van der Waals surface area (Å²) in [5.41, 5.74) is 3.48. The van der Waals surface area contributed by atoms with Crippen LogP contribution in [-0.4, -0.2) is 13.2 Å². The van der Waals surface area contributed by atoms with E-state index in [0.29, 0.717) is 17.5 Å². The van der Waals surface area contributed by atoms with E-state index in [9.17, 15) is 0 Å². The molecule has 1 heterocycles. The molecule has 0 fully saturated rings. The average molecular weight is 323 g/mol. The van der Waals surface area contributed by atoms with Crippen molar-refractivity contribution in [3.05, 3.63) is 58.1 Å². The Balaban J connectivity index is 1.61. The van der Waals surface area contributed by atoms with Crippen LogP contribution < -0.4 is 9.47 Å². The molecule has 0 saturated heterocycles. The van der Waals surface area contributed by atoms with Crippen molar-refractivity contribution in [2.24, 2.45) is 0 Å². The Morgan fingerprint density at radius 3 is 2.90 bits per heavy atom. The molecular weight excluding hydrogens is 307 g/mol. The van der Waals surface area contributed by atoms with Crippen LogP contribution in [0, 0.1) is 0 Å². The minimum atomic E-state index is 0.395. The summed E-state index contributed by atoms with van der Waals surface area (Å²) in [6, 6.07) is 11.9. The normalized spacial score (nSPS) is 12.9. The number of alkyl halides is 1. The highest BCUT2D eigenvalue weighted by molar-refractivity contribution is 6.30. The third-order valence-corrected chi connectivity index (χ3v) is 4.09. The fourth-order valence-corrected chi connectivity index (χ4v) is 2.87. The van der Waals surface area contributed by atoms with E-state index in [0.717, 1.165) is 36.5 Å². The zero-order valence-electron chi connectivity index (χ0n) is 11.6. The first-order valence-corrected chi connectivity index (χ1v) is 7.89. The van der Waals surface area contributed by atoms with E-state index < -0.39 is 0 Å². The predicted octanol–water partition coefficient (Wildman–Crippen LogP) is 4.64. The second-order valence-electron chi connectivity index (χ2n) is 5.02. The predicted molar refractivity (Wildman–Crippen MR) is 85.8 cm³/mol. The summed E-state index contributed by atoms with van der Waals surface area (Å²) in [7, 11) is 0. The van der Waals surface area contributed by atoms with E-state index in [-0.39, 0.29) is 0 Å². The van der Waals surface area contributed by atoms with Crippen molar-refractivity contribution in [2.75, 3.05) is 13.2 Å². The van der Waals surface area contributed by atoms with Gasteiger partial charge in [-0.25, -0.2) is 0 Å². The number of rotatable bonds is 5. The number of fused-ring (bicyclic) bond motifs is 1. The molecule has 0 unspecified atom stereocenters. The van der Waals surface area contributed by atoms with Crippen molar-refractivity contribution in [3.63, 3.8) is 0 Å². The van der Waals surface area contributed by atoms with Crippen molar-refractivity contribution in [2.45, 2.75) is 18.7 Å². The number of benzene rings is 2. The Kier molecular flexibility index (Phi) is 4.57.